The lowest BCUT2D eigenvalue weighted by atomic mass is 10.0. The Hall–Kier alpha value is -3.45. The minimum Gasteiger partial charge on any atom is -0.450 e. The number of amides is 2. The number of aromatic nitrogens is 2. The lowest BCUT2D eigenvalue weighted by Gasteiger charge is -2.35. The van der Waals surface area contributed by atoms with Crippen molar-refractivity contribution in [2.45, 2.75) is 19.3 Å². The van der Waals surface area contributed by atoms with Crippen LogP contribution in [-0.2, 0) is 14.3 Å². The van der Waals surface area contributed by atoms with Crippen LogP contribution in [0.2, 0.25) is 0 Å². The van der Waals surface area contributed by atoms with Gasteiger partial charge in [0, 0.05) is 46.4 Å². The highest BCUT2D eigenvalue weighted by atomic mass is 16.6. The highest BCUT2D eigenvalue weighted by Crippen LogP contribution is 2.28. The monoisotopic (exact) mass is 440 g/mol. The molecule has 170 valence electrons. The summed E-state index contributed by atoms with van der Waals surface area (Å²) < 4.78 is 10.1. The van der Waals surface area contributed by atoms with Gasteiger partial charge in [0.1, 0.15) is 5.69 Å². The molecule has 0 bridgehead atoms. The predicted octanol–water partition coefficient (Wildman–Crippen LogP) is 1.67. The van der Waals surface area contributed by atoms with Crippen molar-refractivity contribution in [1.82, 2.24) is 20.2 Å². The molecule has 2 aromatic rings. The summed E-state index contributed by atoms with van der Waals surface area (Å²) in [4.78, 5) is 37.8. The van der Waals surface area contributed by atoms with Crippen LogP contribution in [0.15, 0.2) is 24.3 Å². The van der Waals surface area contributed by atoms with E-state index in [4.69, 9.17) is 14.5 Å². The number of anilines is 1. The summed E-state index contributed by atoms with van der Waals surface area (Å²) in [7, 11) is 1.60. The Balaban J connectivity index is 1.87. The van der Waals surface area contributed by atoms with Crippen LogP contribution >= 0.6 is 0 Å². The maximum atomic E-state index is 12.8. The third kappa shape index (κ3) is 5.42. The number of fused-ring (bicyclic) bond motifs is 1. The molecule has 1 aromatic heterocycles. The van der Waals surface area contributed by atoms with Crippen LogP contribution in [0.3, 0.4) is 0 Å². The van der Waals surface area contributed by atoms with E-state index < -0.39 is 11.8 Å². The number of nitriles is 1. The Kier molecular flexibility index (Phi) is 8.16. The zero-order chi connectivity index (χ0) is 22.9. The van der Waals surface area contributed by atoms with Crippen LogP contribution in [-0.4, -0.2) is 79.9 Å². The van der Waals surface area contributed by atoms with Crippen molar-refractivity contribution in [3.63, 3.8) is 0 Å². The van der Waals surface area contributed by atoms with E-state index in [0.29, 0.717) is 74.9 Å². The van der Waals surface area contributed by atoms with Gasteiger partial charge in [-0.1, -0.05) is 12.1 Å². The molecule has 32 heavy (non-hydrogen) atoms. The Morgan fingerprint density at radius 1 is 1.19 bits per heavy atom. The maximum Gasteiger partial charge on any atom is 0.409 e. The average Bonchev–Trinajstić information content (AvgIpc) is 2.82. The summed E-state index contributed by atoms with van der Waals surface area (Å²) in [5.74, 6) is -1.03. The molecular weight excluding hydrogens is 412 g/mol. The zero-order valence-corrected chi connectivity index (χ0v) is 18.4. The molecule has 2 heterocycles. The van der Waals surface area contributed by atoms with Crippen LogP contribution in [0, 0.1) is 11.3 Å². The molecule has 1 fully saturated rings. The first kappa shape index (κ1) is 23.2. The molecule has 0 saturated carbocycles. The molecule has 2 amide bonds. The molecule has 3 rings (SSSR count). The number of carbonyl (C=O) groups excluding carboxylic acids is 2. The fourth-order valence-electron chi connectivity index (χ4n) is 3.52. The molecule has 1 aliphatic heterocycles. The summed E-state index contributed by atoms with van der Waals surface area (Å²) in [6, 6.07) is 9.44. The van der Waals surface area contributed by atoms with E-state index in [0.717, 1.165) is 0 Å². The van der Waals surface area contributed by atoms with Gasteiger partial charge >= 0.3 is 6.09 Å². The largest absolute Gasteiger partial charge is 0.450 e. The molecule has 0 spiro atoms. The number of hydrogen-bond donors (Lipinski definition) is 1. The van der Waals surface area contributed by atoms with Gasteiger partial charge in [0.2, 0.25) is 5.91 Å². The van der Waals surface area contributed by atoms with E-state index in [1.807, 2.05) is 23.1 Å². The van der Waals surface area contributed by atoms with Crippen molar-refractivity contribution in [2.75, 3.05) is 57.9 Å². The lowest BCUT2D eigenvalue weighted by molar-refractivity contribution is -0.121. The molecule has 0 radical (unpaired) electrons. The normalized spacial score (nSPS) is 14.7. The van der Waals surface area contributed by atoms with E-state index >= 15 is 0 Å². The Bertz CT molecular complexity index is 984. The molecule has 1 aliphatic rings. The molecule has 0 unspecified atom stereocenters. The van der Waals surface area contributed by atoms with Gasteiger partial charge in [0.25, 0.3) is 0 Å². The van der Waals surface area contributed by atoms with Crippen LogP contribution in [0.1, 0.15) is 25.0 Å². The third-order valence-electron chi connectivity index (χ3n) is 5.17. The van der Waals surface area contributed by atoms with Crippen LogP contribution in [0.5, 0.6) is 0 Å². The van der Waals surface area contributed by atoms with E-state index in [9.17, 15) is 14.9 Å². The summed E-state index contributed by atoms with van der Waals surface area (Å²) in [5, 5.41) is 12.6. The predicted molar refractivity (Wildman–Crippen MR) is 118 cm³/mol. The van der Waals surface area contributed by atoms with E-state index in [2.05, 4.69) is 16.4 Å². The van der Waals surface area contributed by atoms with E-state index in [1.165, 1.54) is 0 Å². The highest BCUT2D eigenvalue weighted by Gasteiger charge is 2.31. The van der Waals surface area contributed by atoms with Crippen molar-refractivity contribution in [3.05, 3.63) is 30.0 Å². The van der Waals surface area contributed by atoms with Gasteiger partial charge in [-0.3, -0.25) is 4.79 Å². The fraction of sp³-hybridized carbons (Fsp3) is 0.500. The summed E-state index contributed by atoms with van der Waals surface area (Å²) >= 11 is 0. The second-order valence-corrected chi connectivity index (χ2v) is 7.29. The first-order valence-electron chi connectivity index (χ1n) is 10.7. The van der Waals surface area contributed by atoms with Gasteiger partial charge < -0.3 is 24.6 Å². The van der Waals surface area contributed by atoms with Crippen molar-refractivity contribution < 1.29 is 19.1 Å². The number of methoxy groups -OCH3 is 1. The average molecular weight is 441 g/mol. The highest BCUT2D eigenvalue weighted by molar-refractivity contribution is 5.88. The van der Waals surface area contributed by atoms with Crippen LogP contribution in [0.4, 0.5) is 10.6 Å². The van der Waals surface area contributed by atoms with Crippen molar-refractivity contribution >= 4 is 28.9 Å². The summed E-state index contributed by atoms with van der Waals surface area (Å²) in [5.41, 5.74) is 1.61. The number of rotatable bonds is 8. The SMILES string of the molecule is CCOC(=O)N1CCN(c2nc3ccccc3nc2[C@H](C#N)C(=O)NCCCOC)CC1. The molecule has 10 heteroatoms. The number of hydrogen-bond acceptors (Lipinski definition) is 8. The molecule has 1 N–H and O–H groups in total. The number of carbonyl (C=O) groups is 2. The number of para-hydroxylation sites is 2. The molecule has 1 atom stereocenters. The van der Waals surface area contributed by atoms with Gasteiger partial charge in [-0.25, -0.2) is 14.8 Å². The van der Waals surface area contributed by atoms with Gasteiger partial charge in [0.15, 0.2) is 11.7 Å². The van der Waals surface area contributed by atoms with Crippen molar-refractivity contribution in [2.24, 2.45) is 0 Å². The molecule has 1 aromatic carbocycles. The topological polar surface area (TPSA) is 121 Å². The van der Waals surface area contributed by atoms with Crippen LogP contribution < -0.4 is 10.2 Å². The molecule has 10 nitrogen and oxygen atoms in total. The maximum absolute atomic E-state index is 12.8. The van der Waals surface area contributed by atoms with E-state index in [-0.39, 0.29) is 6.09 Å². The number of ether oxygens (including phenoxy) is 2. The van der Waals surface area contributed by atoms with Gasteiger partial charge in [-0.2, -0.15) is 5.26 Å². The fourth-order valence-corrected chi connectivity index (χ4v) is 3.52. The molecule has 1 saturated heterocycles. The summed E-state index contributed by atoms with van der Waals surface area (Å²) in [6.45, 7) is 4.90. The molecular formula is C22H28N6O4. The second-order valence-electron chi connectivity index (χ2n) is 7.29. The number of piperazine rings is 1. The second kappa shape index (κ2) is 11.2. The summed E-state index contributed by atoms with van der Waals surface area (Å²) in [6.07, 6.45) is 0.300. The number of benzene rings is 1. The Morgan fingerprint density at radius 2 is 1.88 bits per heavy atom. The zero-order valence-electron chi connectivity index (χ0n) is 18.4. The first-order valence-corrected chi connectivity index (χ1v) is 10.7. The smallest absolute Gasteiger partial charge is 0.409 e. The minimum atomic E-state index is -1.10. The van der Waals surface area contributed by atoms with Gasteiger partial charge in [-0.15, -0.1) is 0 Å². The number of nitrogens with zero attached hydrogens (tertiary/aromatic N) is 5. The van der Waals surface area contributed by atoms with Crippen molar-refractivity contribution in [1.29, 1.82) is 5.26 Å². The van der Waals surface area contributed by atoms with E-state index in [1.54, 1.807) is 25.0 Å². The van der Waals surface area contributed by atoms with Crippen molar-refractivity contribution in [3.8, 4) is 6.07 Å². The quantitative estimate of drug-likeness (QED) is 0.616. The Morgan fingerprint density at radius 3 is 2.50 bits per heavy atom. The molecule has 0 aliphatic carbocycles. The third-order valence-corrected chi connectivity index (χ3v) is 5.17. The van der Waals surface area contributed by atoms with Crippen LogP contribution in [0.25, 0.3) is 11.0 Å². The first-order chi connectivity index (χ1) is 15.6. The lowest BCUT2D eigenvalue weighted by Crippen LogP contribution is -2.49. The Labute approximate surface area is 187 Å². The number of nitrogens with one attached hydrogen (secondary N) is 1. The van der Waals surface area contributed by atoms with Gasteiger partial charge in [0.05, 0.1) is 23.7 Å². The van der Waals surface area contributed by atoms with Gasteiger partial charge in [-0.05, 0) is 25.5 Å². The standard InChI is InChI=1S/C22H28N6O4/c1-3-32-22(30)28-12-10-27(11-13-28)20-19(25-17-7-4-5-8-18(17)26-20)16(15-23)21(29)24-9-6-14-31-2/h4-5,7-8,16H,3,6,9-14H2,1-2H3,(H,24,29)/t16-/m0/s1. The minimum absolute atomic E-state index is 0.319.